The van der Waals surface area contributed by atoms with E-state index in [2.05, 4.69) is 4.98 Å². The first-order valence-electron chi connectivity index (χ1n) is 2.85. The van der Waals surface area contributed by atoms with E-state index in [1.807, 2.05) is 19.9 Å². The van der Waals surface area contributed by atoms with Gasteiger partial charge in [-0.3, -0.25) is 4.79 Å². The Morgan fingerprint density at radius 2 is 2.22 bits per heavy atom. The van der Waals surface area contributed by atoms with Crippen LogP contribution in [-0.2, 0) is 0 Å². The van der Waals surface area contributed by atoms with Gasteiger partial charge in [-0.2, -0.15) is 0 Å². The zero-order valence-corrected chi connectivity index (χ0v) is 5.56. The van der Waals surface area contributed by atoms with E-state index in [9.17, 15) is 4.79 Å². The molecule has 0 bridgehead atoms. The van der Waals surface area contributed by atoms with Gasteiger partial charge in [0.15, 0.2) is 6.29 Å². The number of H-pyrrole nitrogens is 1. The van der Waals surface area contributed by atoms with Gasteiger partial charge in [0.25, 0.3) is 0 Å². The molecule has 0 unspecified atom stereocenters. The van der Waals surface area contributed by atoms with E-state index in [1.54, 1.807) is 0 Å². The number of nitrogens with one attached hydrogen (secondary N) is 1. The third-order valence-electron chi connectivity index (χ3n) is 1.42. The SMILES string of the molecule is Cc1cc(C=O)[nH]c1C. The average Bonchev–Trinajstić information content (AvgIpc) is 2.13. The van der Waals surface area contributed by atoms with E-state index in [1.165, 1.54) is 0 Å². The molecule has 0 aliphatic carbocycles. The lowest BCUT2D eigenvalue weighted by molar-refractivity contribution is 0.111. The van der Waals surface area contributed by atoms with Crippen LogP contribution in [0.3, 0.4) is 0 Å². The lowest BCUT2D eigenvalue weighted by atomic mass is 10.3. The number of aromatic amines is 1. The van der Waals surface area contributed by atoms with Crippen molar-refractivity contribution in [3.63, 3.8) is 0 Å². The first-order chi connectivity index (χ1) is 4.24. The lowest BCUT2D eigenvalue weighted by Crippen LogP contribution is -1.76. The molecular formula is C7H9NO. The molecule has 1 aromatic heterocycles. The van der Waals surface area contributed by atoms with Crippen LogP contribution in [0.2, 0.25) is 0 Å². The maximum Gasteiger partial charge on any atom is 0.166 e. The summed E-state index contributed by atoms with van der Waals surface area (Å²) >= 11 is 0. The normalized spacial score (nSPS) is 9.56. The lowest BCUT2D eigenvalue weighted by Gasteiger charge is -1.82. The molecule has 0 spiro atoms. The Bertz CT molecular complexity index is 205. The fraction of sp³-hybridized carbons (Fsp3) is 0.286. The predicted molar refractivity (Wildman–Crippen MR) is 35.7 cm³/mol. The Balaban J connectivity index is 3.11. The molecule has 2 nitrogen and oxygen atoms in total. The van der Waals surface area contributed by atoms with Crippen molar-refractivity contribution in [3.05, 3.63) is 23.0 Å². The van der Waals surface area contributed by atoms with Crippen LogP contribution in [0.4, 0.5) is 0 Å². The molecule has 0 saturated heterocycles. The molecule has 48 valence electrons. The number of carbonyl (C=O) groups is 1. The van der Waals surface area contributed by atoms with Crippen LogP contribution in [0.25, 0.3) is 0 Å². The van der Waals surface area contributed by atoms with Crippen LogP contribution in [0, 0.1) is 13.8 Å². The minimum Gasteiger partial charge on any atom is -0.356 e. The molecular weight excluding hydrogens is 114 g/mol. The van der Waals surface area contributed by atoms with Gasteiger partial charge in [0, 0.05) is 5.69 Å². The van der Waals surface area contributed by atoms with Crippen molar-refractivity contribution in [1.29, 1.82) is 0 Å². The number of rotatable bonds is 1. The minimum atomic E-state index is 0.657. The van der Waals surface area contributed by atoms with Crippen molar-refractivity contribution in [2.24, 2.45) is 0 Å². The number of aromatic nitrogens is 1. The average molecular weight is 123 g/mol. The van der Waals surface area contributed by atoms with Crippen LogP contribution >= 0.6 is 0 Å². The quantitative estimate of drug-likeness (QED) is 0.563. The molecule has 0 fully saturated rings. The summed E-state index contributed by atoms with van der Waals surface area (Å²) in [6, 6.07) is 1.84. The van der Waals surface area contributed by atoms with Crippen molar-refractivity contribution in [3.8, 4) is 0 Å². The Morgan fingerprint density at radius 1 is 1.56 bits per heavy atom. The third-order valence-corrected chi connectivity index (χ3v) is 1.42. The van der Waals surface area contributed by atoms with Crippen LogP contribution in [0.15, 0.2) is 6.07 Å². The molecule has 0 radical (unpaired) electrons. The summed E-state index contributed by atoms with van der Waals surface area (Å²) in [7, 11) is 0. The molecule has 0 atom stereocenters. The molecule has 2 heteroatoms. The molecule has 1 aromatic rings. The second-order valence-electron chi connectivity index (χ2n) is 2.15. The predicted octanol–water partition coefficient (Wildman–Crippen LogP) is 1.44. The first-order valence-corrected chi connectivity index (χ1v) is 2.85. The molecule has 0 saturated carbocycles. The molecule has 0 aliphatic rings. The van der Waals surface area contributed by atoms with Gasteiger partial charge >= 0.3 is 0 Å². The van der Waals surface area contributed by atoms with E-state index in [4.69, 9.17) is 0 Å². The van der Waals surface area contributed by atoms with Crippen molar-refractivity contribution in [1.82, 2.24) is 4.98 Å². The molecule has 1 rings (SSSR count). The highest BCUT2D eigenvalue weighted by Crippen LogP contribution is 2.05. The maximum absolute atomic E-state index is 10.1. The molecule has 0 aliphatic heterocycles. The van der Waals surface area contributed by atoms with Gasteiger partial charge in [-0.1, -0.05) is 0 Å². The summed E-state index contributed by atoms with van der Waals surface area (Å²) < 4.78 is 0. The molecule has 0 amide bonds. The number of carbonyl (C=O) groups excluding carboxylic acids is 1. The van der Waals surface area contributed by atoms with Gasteiger partial charge < -0.3 is 4.98 Å². The largest absolute Gasteiger partial charge is 0.356 e. The highest BCUT2D eigenvalue weighted by Gasteiger charge is 1.95. The van der Waals surface area contributed by atoms with E-state index in [-0.39, 0.29) is 0 Å². The number of aryl methyl sites for hydroxylation is 2. The summed E-state index contributed by atoms with van der Waals surface area (Å²) in [6.45, 7) is 3.92. The maximum atomic E-state index is 10.1. The number of hydrogen-bond acceptors (Lipinski definition) is 1. The first kappa shape index (κ1) is 6.08. The van der Waals surface area contributed by atoms with E-state index < -0.39 is 0 Å². The fourth-order valence-electron chi connectivity index (χ4n) is 0.756. The van der Waals surface area contributed by atoms with Crippen molar-refractivity contribution < 1.29 is 4.79 Å². The highest BCUT2D eigenvalue weighted by atomic mass is 16.1. The van der Waals surface area contributed by atoms with Gasteiger partial charge in [-0.25, -0.2) is 0 Å². The van der Waals surface area contributed by atoms with Crippen molar-refractivity contribution in [2.75, 3.05) is 0 Å². The van der Waals surface area contributed by atoms with Crippen molar-refractivity contribution in [2.45, 2.75) is 13.8 Å². The van der Waals surface area contributed by atoms with E-state index in [0.717, 1.165) is 17.5 Å². The minimum absolute atomic E-state index is 0.657. The van der Waals surface area contributed by atoms with Crippen LogP contribution in [-0.4, -0.2) is 11.3 Å². The van der Waals surface area contributed by atoms with Gasteiger partial charge in [0.05, 0.1) is 5.69 Å². The molecule has 1 N–H and O–H groups in total. The van der Waals surface area contributed by atoms with E-state index >= 15 is 0 Å². The summed E-state index contributed by atoms with van der Waals surface area (Å²) in [6.07, 6.45) is 0.819. The Kier molecular flexibility index (Phi) is 1.39. The fourth-order valence-corrected chi connectivity index (χ4v) is 0.756. The highest BCUT2D eigenvalue weighted by molar-refractivity contribution is 5.72. The second kappa shape index (κ2) is 2.05. The summed E-state index contributed by atoms with van der Waals surface area (Å²) in [5.41, 5.74) is 2.86. The van der Waals surface area contributed by atoms with Crippen LogP contribution < -0.4 is 0 Å². The second-order valence-corrected chi connectivity index (χ2v) is 2.15. The zero-order chi connectivity index (χ0) is 6.85. The molecule has 9 heavy (non-hydrogen) atoms. The summed E-state index contributed by atoms with van der Waals surface area (Å²) in [4.78, 5) is 13.1. The summed E-state index contributed by atoms with van der Waals surface area (Å²) in [5.74, 6) is 0. The molecule has 0 aromatic carbocycles. The van der Waals surface area contributed by atoms with Gasteiger partial charge in [-0.05, 0) is 25.5 Å². The standard InChI is InChI=1S/C7H9NO/c1-5-3-7(4-9)8-6(5)2/h3-4,8H,1-2H3. The Hall–Kier alpha value is -1.05. The van der Waals surface area contributed by atoms with Gasteiger partial charge in [0.2, 0.25) is 0 Å². The monoisotopic (exact) mass is 123 g/mol. The number of aldehydes is 1. The molecule has 1 heterocycles. The van der Waals surface area contributed by atoms with E-state index in [0.29, 0.717) is 5.69 Å². The Labute approximate surface area is 53.9 Å². The topological polar surface area (TPSA) is 32.9 Å². The van der Waals surface area contributed by atoms with Gasteiger partial charge in [0.1, 0.15) is 0 Å². The van der Waals surface area contributed by atoms with Crippen LogP contribution in [0.1, 0.15) is 21.7 Å². The third kappa shape index (κ3) is 1.02. The van der Waals surface area contributed by atoms with Gasteiger partial charge in [-0.15, -0.1) is 0 Å². The van der Waals surface area contributed by atoms with Crippen molar-refractivity contribution >= 4 is 6.29 Å². The zero-order valence-electron chi connectivity index (χ0n) is 5.56. The smallest absolute Gasteiger partial charge is 0.166 e. The number of hydrogen-bond donors (Lipinski definition) is 1. The Morgan fingerprint density at radius 3 is 2.44 bits per heavy atom. The summed E-state index contributed by atoms with van der Waals surface area (Å²) in [5, 5.41) is 0. The van der Waals surface area contributed by atoms with Crippen LogP contribution in [0.5, 0.6) is 0 Å².